The van der Waals surface area contributed by atoms with Gasteiger partial charge < -0.3 is 0 Å². The van der Waals surface area contributed by atoms with Crippen molar-refractivity contribution in [2.45, 2.75) is 19.8 Å². The van der Waals surface area contributed by atoms with E-state index >= 15 is 0 Å². The topological polar surface area (TPSA) is 74.8 Å². The molecule has 0 radical (unpaired) electrons. The van der Waals surface area contributed by atoms with E-state index in [4.69, 9.17) is 23.2 Å². The summed E-state index contributed by atoms with van der Waals surface area (Å²) >= 11 is 12.2. The first-order valence-electron chi connectivity index (χ1n) is 10.2. The number of halogens is 2. The van der Waals surface area contributed by atoms with Gasteiger partial charge in [0.25, 0.3) is 17.7 Å². The van der Waals surface area contributed by atoms with E-state index in [0.29, 0.717) is 23.4 Å². The first kappa shape index (κ1) is 22.2. The Labute approximate surface area is 195 Å². The van der Waals surface area contributed by atoms with E-state index < -0.39 is 41.9 Å². The lowest BCUT2D eigenvalue weighted by Gasteiger charge is -2.30. The number of carbonyl (C=O) groups is 4. The van der Waals surface area contributed by atoms with Gasteiger partial charge in [-0.25, -0.2) is 5.01 Å². The van der Waals surface area contributed by atoms with Crippen molar-refractivity contribution in [3.8, 4) is 0 Å². The molecule has 2 aromatic carbocycles. The summed E-state index contributed by atoms with van der Waals surface area (Å²) in [6, 6.07) is 12.7. The highest BCUT2D eigenvalue weighted by Crippen LogP contribution is 2.39. The highest BCUT2D eigenvalue weighted by molar-refractivity contribution is 6.36. The summed E-state index contributed by atoms with van der Waals surface area (Å²) in [5.41, 5.74) is 1.43. The Bertz CT molecular complexity index is 1150. The number of allylic oxidation sites excluding steroid dienone is 2. The van der Waals surface area contributed by atoms with E-state index in [1.807, 2.05) is 13.0 Å². The Morgan fingerprint density at radius 1 is 1.03 bits per heavy atom. The van der Waals surface area contributed by atoms with Gasteiger partial charge in [-0.05, 0) is 38.0 Å². The molecule has 1 fully saturated rings. The van der Waals surface area contributed by atoms with Crippen LogP contribution in [0.25, 0.3) is 0 Å². The fourth-order valence-corrected chi connectivity index (χ4v) is 4.63. The highest BCUT2D eigenvalue weighted by atomic mass is 35.5. The molecular weight excluding hydrogens is 451 g/mol. The van der Waals surface area contributed by atoms with Crippen LogP contribution in [0.15, 0.2) is 60.2 Å². The Hall–Kier alpha value is -2.96. The molecule has 2 aliphatic rings. The van der Waals surface area contributed by atoms with Gasteiger partial charge in [-0.1, -0.05) is 65.2 Å². The molecule has 0 aromatic heterocycles. The number of fused-ring (bicyclic) bond motifs is 1. The fourth-order valence-electron chi connectivity index (χ4n) is 4.14. The van der Waals surface area contributed by atoms with E-state index in [0.717, 1.165) is 15.6 Å². The molecule has 3 amide bonds. The second kappa shape index (κ2) is 8.88. The molecule has 0 saturated carbocycles. The van der Waals surface area contributed by atoms with Crippen molar-refractivity contribution >= 4 is 46.7 Å². The molecule has 8 heteroatoms. The van der Waals surface area contributed by atoms with Crippen LogP contribution in [0.3, 0.4) is 0 Å². The van der Waals surface area contributed by atoms with Gasteiger partial charge in [-0.3, -0.25) is 19.2 Å². The van der Waals surface area contributed by atoms with Crippen molar-refractivity contribution in [2.75, 3.05) is 6.54 Å². The van der Waals surface area contributed by atoms with Crippen molar-refractivity contribution in [2.24, 2.45) is 11.8 Å². The number of Topliss-reactive ketones (excluding diaryl/α,β-unsaturated/α-hetero) is 1. The number of benzene rings is 2. The van der Waals surface area contributed by atoms with Gasteiger partial charge in [-0.15, -0.1) is 0 Å². The van der Waals surface area contributed by atoms with Gasteiger partial charge in [0, 0.05) is 10.6 Å². The van der Waals surface area contributed by atoms with Gasteiger partial charge in [0.2, 0.25) is 0 Å². The minimum atomic E-state index is -0.721. The number of ketones is 1. The maximum Gasteiger partial charge on any atom is 0.274 e. The van der Waals surface area contributed by atoms with Crippen LogP contribution in [-0.2, 0) is 9.59 Å². The zero-order chi connectivity index (χ0) is 23.0. The Morgan fingerprint density at radius 3 is 2.41 bits per heavy atom. The minimum Gasteiger partial charge on any atom is -0.292 e. The van der Waals surface area contributed by atoms with Crippen molar-refractivity contribution in [1.29, 1.82) is 0 Å². The summed E-state index contributed by atoms with van der Waals surface area (Å²) < 4.78 is 0. The number of hydrogen-bond donors (Lipinski definition) is 0. The van der Waals surface area contributed by atoms with Crippen LogP contribution in [0.2, 0.25) is 10.0 Å². The number of hydrogen-bond acceptors (Lipinski definition) is 4. The van der Waals surface area contributed by atoms with Gasteiger partial charge in [0.15, 0.2) is 5.78 Å². The molecule has 0 unspecified atom stereocenters. The van der Waals surface area contributed by atoms with E-state index in [2.05, 4.69) is 0 Å². The third-order valence-corrected chi connectivity index (χ3v) is 6.37. The van der Waals surface area contributed by atoms with Gasteiger partial charge in [0.1, 0.15) is 6.54 Å². The molecule has 1 saturated heterocycles. The second-order valence-electron chi connectivity index (χ2n) is 7.97. The molecule has 0 spiro atoms. The predicted octanol–water partition coefficient (Wildman–Crippen LogP) is 4.57. The van der Waals surface area contributed by atoms with Crippen molar-refractivity contribution in [3.05, 3.63) is 81.4 Å². The molecule has 1 aliphatic heterocycles. The molecule has 0 N–H and O–H groups in total. The lowest BCUT2D eigenvalue weighted by atomic mass is 9.82. The molecule has 0 bridgehead atoms. The smallest absolute Gasteiger partial charge is 0.274 e. The van der Waals surface area contributed by atoms with E-state index in [-0.39, 0.29) is 10.6 Å². The Balaban J connectivity index is 1.72. The lowest BCUT2D eigenvalue weighted by molar-refractivity contribution is -0.154. The molecule has 1 heterocycles. The van der Waals surface area contributed by atoms with E-state index in [9.17, 15) is 19.2 Å². The van der Waals surface area contributed by atoms with Crippen molar-refractivity contribution in [3.63, 3.8) is 0 Å². The van der Waals surface area contributed by atoms with Crippen LogP contribution < -0.4 is 0 Å². The molecule has 6 nitrogen and oxygen atoms in total. The number of rotatable bonds is 5. The second-order valence-corrected chi connectivity index (χ2v) is 8.81. The van der Waals surface area contributed by atoms with Crippen LogP contribution in [0.5, 0.6) is 0 Å². The number of amides is 3. The summed E-state index contributed by atoms with van der Waals surface area (Å²) in [5, 5.41) is 2.16. The first-order valence-corrected chi connectivity index (χ1v) is 10.9. The van der Waals surface area contributed by atoms with Crippen LogP contribution in [0, 0.1) is 11.8 Å². The van der Waals surface area contributed by atoms with Crippen LogP contribution >= 0.6 is 23.2 Å². The average molecular weight is 471 g/mol. The van der Waals surface area contributed by atoms with Gasteiger partial charge >= 0.3 is 0 Å². The zero-order valence-electron chi connectivity index (χ0n) is 17.3. The summed E-state index contributed by atoms with van der Waals surface area (Å²) in [5.74, 6) is -3.19. The molecule has 2 atom stereocenters. The minimum absolute atomic E-state index is 0.0432. The van der Waals surface area contributed by atoms with Gasteiger partial charge in [0.05, 0.1) is 22.4 Å². The number of hydrazine groups is 1. The molecule has 32 heavy (non-hydrogen) atoms. The molecule has 4 rings (SSSR count). The SMILES string of the molecule is CC1=CC[C@@H]2C(=O)N(N(CC(=O)c3ccccc3)C(=O)c3ccc(Cl)cc3Cl)C(=O)[C@@H]2C1. The third-order valence-electron chi connectivity index (χ3n) is 5.83. The molecule has 164 valence electrons. The largest absolute Gasteiger partial charge is 0.292 e. The maximum absolute atomic E-state index is 13.5. The summed E-state index contributed by atoms with van der Waals surface area (Å²) in [6.07, 6.45) is 2.81. The summed E-state index contributed by atoms with van der Waals surface area (Å²) in [6.45, 7) is 1.43. The Morgan fingerprint density at radius 2 is 1.72 bits per heavy atom. The first-order chi connectivity index (χ1) is 15.3. The number of imide groups is 1. The predicted molar refractivity (Wildman–Crippen MR) is 120 cm³/mol. The zero-order valence-corrected chi connectivity index (χ0v) is 18.8. The molecule has 2 aromatic rings. The van der Waals surface area contributed by atoms with Crippen LogP contribution in [0.1, 0.15) is 40.5 Å². The summed E-state index contributed by atoms with van der Waals surface area (Å²) in [4.78, 5) is 52.9. The Kier molecular flexibility index (Phi) is 6.17. The molecular formula is C24H20Cl2N2O4. The monoisotopic (exact) mass is 470 g/mol. The van der Waals surface area contributed by atoms with E-state index in [1.165, 1.54) is 18.2 Å². The van der Waals surface area contributed by atoms with Crippen molar-refractivity contribution < 1.29 is 19.2 Å². The third kappa shape index (κ3) is 4.08. The van der Waals surface area contributed by atoms with Crippen molar-refractivity contribution in [1.82, 2.24) is 10.0 Å². The fraction of sp³-hybridized carbons (Fsp3) is 0.250. The number of nitrogens with zero attached hydrogens (tertiary/aromatic N) is 2. The highest BCUT2D eigenvalue weighted by Gasteiger charge is 2.51. The quantitative estimate of drug-likeness (QED) is 0.364. The molecule has 1 aliphatic carbocycles. The standard InChI is InChI=1S/C24H20Cl2N2O4/c1-14-7-9-17-19(11-14)24(32)28(23(17)31)27(13-21(29)15-5-3-2-4-6-15)22(30)18-10-8-16(25)12-20(18)26/h2-8,10,12,17,19H,9,11,13H2,1H3/t17-,19+/m0/s1. The normalized spacial score (nSPS) is 20.1. The van der Waals surface area contributed by atoms with Crippen LogP contribution in [0.4, 0.5) is 0 Å². The van der Waals surface area contributed by atoms with E-state index in [1.54, 1.807) is 30.3 Å². The number of carbonyl (C=O) groups excluding carboxylic acids is 4. The van der Waals surface area contributed by atoms with Gasteiger partial charge in [-0.2, -0.15) is 5.01 Å². The average Bonchev–Trinajstić information content (AvgIpc) is 3.01. The van der Waals surface area contributed by atoms with Crippen LogP contribution in [-0.4, -0.2) is 40.1 Å². The maximum atomic E-state index is 13.5. The lowest BCUT2D eigenvalue weighted by Crippen LogP contribution is -2.52. The summed E-state index contributed by atoms with van der Waals surface area (Å²) in [7, 11) is 0.